The zero-order chi connectivity index (χ0) is 12.2. The van der Waals surface area contributed by atoms with Crippen molar-refractivity contribution in [1.29, 1.82) is 0 Å². The fraction of sp³-hybridized carbons (Fsp3) is 0.923. The first-order valence-corrected chi connectivity index (χ1v) is 6.68. The Hall–Kier alpha value is -0.570. The number of carbonyl (C=O) groups is 1. The summed E-state index contributed by atoms with van der Waals surface area (Å²) in [6.45, 7) is 7.61. The Balaban J connectivity index is 0.000000487. The molecule has 1 rings (SSSR count). The fourth-order valence-electron chi connectivity index (χ4n) is 2.10. The van der Waals surface area contributed by atoms with Crippen LogP contribution in [0.15, 0.2) is 0 Å². The minimum absolute atomic E-state index is 0.972. The number of carbonyl (C=O) groups excluding carboxylic acids is 1. The lowest BCUT2D eigenvalue weighted by Crippen LogP contribution is -3.09. The molecule has 0 saturated carbocycles. The van der Waals surface area contributed by atoms with Crippen LogP contribution < -0.4 is 10.0 Å². The summed E-state index contributed by atoms with van der Waals surface area (Å²) in [7, 11) is 0. The van der Waals surface area contributed by atoms with Crippen molar-refractivity contribution in [3.8, 4) is 0 Å². The van der Waals surface area contributed by atoms with E-state index >= 15 is 0 Å². The third-order valence-corrected chi connectivity index (χ3v) is 2.94. The largest absolute Gasteiger partial charge is 0.550 e. The fourth-order valence-corrected chi connectivity index (χ4v) is 2.10. The summed E-state index contributed by atoms with van der Waals surface area (Å²) in [6.07, 6.45) is 10.2. The highest BCUT2D eigenvalue weighted by molar-refractivity contribution is 5.60. The molecule has 0 unspecified atom stereocenters. The molecule has 0 bridgehead atoms. The molecule has 3 heteroatoms. The molecular formula is C13H27NO2. The van der Waals surface area contributed by atoms with Gasteiger partial charge in [-0.05, 0) is 19.8 Å². The number of carboxylic acid groups (broad SMARTS) is 1. The van der Waals surface area contributed by atoms with Crippen molar-refractivity contribution in [2.45, 2.75) is 58.8 Å². The van der Waals surface area contributed by atoms with Gasteiger partial charge in [0.2, 0.25) is 0 Å². The number of carboxylic acids is 1. The Morgan fingerprint density at radius 1 is 1.12 bits per heavy atom. The second kappa shape index (κ2) is 10.9. The quantitative estimate of drug-likeness (QED) is 0.670. The number of nitrogens with one attached hydrogen (secondary N) is 1. The van der Waals surface area contributed by atoms with E-state index in [0.717, 1.165) is 6.92 Å². The van der Waals surface area contributed by atoms with Crippen LogP contribution in [0.3, 0.4) is 0 Å². The molecule has 1 fully saturated rings. The van der Waals surface area contributed by atoms with Gasteiger partial charge in [-0.25, -0.2) is 0 Å². The molecule has 3 nitrogen and oxygen atoms in total. The molecule has 96 valence electrons. The van der Waals surface area contributed by atoms with Crippen LogP contribution in [0.25, 0.3) is 0 Å². The molecule has 1 N–H and O–H groups in total. The molecule has 1 saturated heterocycles. The summed E-state index contributed by atoms with van der Waals surface area (Å²) in [5.74, 6) is -1.08. The van der Waals surface area contributed by atoms with Crippen molar-refractivity contribution in [3.63, 3.8) is 0 Å². The number of unbranched alkanes of at least 4 members (excludes halogenated alkanes) is 4. The first-order valence-electron chi connectivity index (χ1n) is 6.68. The molecule has 0 amide bonds. The predicted octanol–water partition coefficient (Wildman–Crippen LogP) is 0.392. The van der Waals surface area contributed by atoms with Gasteiger partial charge in [0.15, 0.2) is 0 Å². The van der Waals surface area contributed by atoms with Gasteiger partial charge in [-0.3, -0.25) is 0 Å². The minimum Gasteiger partial charge on any atom is -0.550 e. The lowest BCUT2D eigenvalue weighted by atomic mass is 10.1. The molecule has 0 radical (unpaired) electrons. The standard InChI is InChI=1S/C11H23N.C2H4O2/c1-2-3-4-5-6-9-12-10-7-8-11-12;1-2(3)4/h2-11H2,1H3;1H3,(H,3,4). The van der Waals surface area contributed by atoms with E-state index in [1.807, 2.05) is 4.90 Å². The van der Waals surface area contributed by atoms with Crippen molar-refractivity contribution < 1.29 is 14.8 Å². The predicted molar refractivity (Wildman–Crippen MR) is 64.2 cm³/mol. The molecule has 1 aliphatic rings. The maximum Gasteiger partial charge on any atom is 0.0773 e. The zero-order valence-corrected chi connectivity index (χ0v) is 10.9. The average Bonchev–Trinajstić information content (AvgIpc) is 2.69. The Bertz CT molecular complexity index is 161. The van der Waals surface area contributed by atoms with Gasteiger partial charge in [0, 0.05) is 18.8 Å². The summed E-state index contributed by atoms with van der Waals surface area (Å²) >= 11 is 0. The lowest BCUT2D eigenvalue weighted by molar-refractivity contribution is -0.887. The van der Waals surface area contributed by atoms with Gasteiger partial charge < -0.3 is 14.8 Å². The molecule has 0 aromatic rings. The number of quaternary nitrogens is 1. The van der Waals surface area contributed by atoms with Gasteiger partial charge >= 0.3 is 0 Å². The number of aliphatic carboxylic acids is 1. The monoisotopic (exact) mass is 229 g/mol. The van der Waals surface area contributed by atoms with Crippen molar-refractivity contribution >= 4 is 5.97 Å². The van der Waals surface area contributed by atoms with Crippen molar-refractivity contribution in [1.82, 2.24) is 0 Å². The minimum atomic E-state index is -1.08. The van der Waals surface area contributed by atoms with Crippen LogP contribution >= 0.6 is 0 Å². The van der Waals surface area contributed by atoms with E-state index in [9.17, 15) is 0 Å². The van der Waals surface area contributed by atoms with E-state index < -0.39 is 5.97 Å². The van der Waals surface area contributed by atoms with Crippen molar-refractivity contribution in [2.24, 2.45) is 0 Å². The van der Waals surface area contributed by atoms with E-state index in [2.05, 4.69) is 6.92 Å². The Morgan fingerprint density at radius 2 is 1.62 bits per heavy atom. The van der Waals surface area contributed by atoms with Gasteiger partial charge in [0.05, 0.1) is 19.6 Å². The normalized spacial score (nSPS) is 15.6. The smallest absolute Gasteiger partial charge is 0.0773 e. The van der Waals surface area contributed by atoms with Gasteiger partial charge in [0.25, 0.3) is 0 Å². The van der Waals surface area contributed by atoms with E-state index in [-0.39, 0.29) is 0 Å². The third-order valence-electron chi connectivity index (χ3n) is 2.94. The van der Waals surface area contributed by atoms with Gasteiger partial charge in [0.1, 0.15) is 0 Å². The van der Waals surface area contributed by atoms with Crippen LogP contribution in [0.5, 0.6) is 0 Å². The number of hydrogen-bond acceptors (Lipinski definition) is 2. The van der Waals surface area contributed by atoms with E-state index in [1.165, 1.54) is 64.6 Å². The maximum atomic E-state index is 8.89. The molecule has 1 aliphatic heterocycles. The van der Waals surface area contributed by atoms with Gasteiger partial charge in [-0.2, -0.15) is 0 Å². The highest BCUT2D eigenvalue weighted by Crippen LogP contribution is 2.00. The second-order valence-electron chi connectivity index (χ2n) is 4.61. The van der Waals surface area contributed by atoms with Crippen molar-refractivity contribution in [2.75, 3.05) is 19.6 Å². The maximum absolute atomic E-state index is 8.89. The third kappa shape index (κ3) is 11.5. The molecule has 0 aliphatic carbocycles. The van der Waals surface area contributed by atoms with Crippen molar-refractivity contribution in [3.05, 3.63) is 0 Å². The molecule has 16 heavy (non-hydrogen) atoms. The molecule has 0 spiro atoms. The summed E-state index contributed by atoms with van der Waals surface area (Å²) < 4.78 is 0. The summed E-state index contributed by atoms with van der Waals surface area (Å²) in [4.78, 5) is 10.8. The zero-order valence-electron chi connectivity index (χ0n) is 10.9. The first kappa shape index (κ1) is 15.4. The van der Waals surface area contributed by atoms with Gasteiger partial charge in [-0.15, -0.1) is 0 Å². The number of likely N-dealkylation sites (tertiary alicyclic amines) is 1. The van der Waals surface area contributed by atoms with E-state index in [4.69, 9.17) is 9.90 Å². The highest BCUT2D eigenvalue weighted by Gasteiger charge is 2.13. The SMILES string of the molecule is CC(=O)[O-].CCCCCCC[NH+]1CCCC1. The number of rotatable bonds is 6. The van der Waals surface area contributed by atoms with E-state index in [1.54, 1.807) is 0 Å². The van der Waals surface area contributed by atoms with Crippen LogP contribution in [-0.2, 0) is 4.79 Å². The second-order valence-corrected chi connectivity index (χ2v) is 4.61. The lowest BCUT2D eigenvalue weighted by Gasteiger charge is -2.10. The van der Waals surface area contributed by atoms with Crippen LogP contribution in [-0.4, -0.2) is 25.6 Å². The molecule has 0 atom stereocenters. The van der Waals surface area contributed by atoms with Gasteiger partial charge in [-0.1, -0.05) is 26.2 Å². The first-order chi connectivity index (χ1) is 7.66. The summed E-state index contributed by atoms with van der Waals surface area (Å²) in [5, 5.41) is 8.89. The van der Waals surface area contributed by atoms with Crippen LogP contribution in [0.1, 0.15) is 58.8 Å². The topological polar surface area (TPSA) is 44.6 Å². The Labute approximate surface area is 99.8 Å². The molecule has 0 aromatic carbocycles. The van der Waals surface area contributed by atoms with E-state index in [0.29, 0.717) is 0 Å². The average molecular weight is 229 g/mol. The number of hydrogen-bond donors (Lipinski definition) is 1. The Kier molecular flexibility index (Phi) is 10.5. The molecule has 1 heterocycles. The molecule has 0 aromatic heterocycles. The summed E-state index contributed by atoms with van der Waals surface area (Å²) in [5.41, 5.74) is 0. The Morgan fingerprint density at radius 3 is 2.12 bits per heavy atom. The highest BCUT2D eigenvalue weighted by atomic mass is 16.4. The van der Waals surface area contributed by atoms with Crippen LogP contribution in [0, 0.1) is 0 Å². The van der Waals surface area contributed by atoms with Crippen LogP contribution in [0.2, 0.25) is 0 Å². The molecular weight excluding hydrogens is 202 g/mol. The van der Waals surface area contributed by atoms with Crippen LogP contribution in [0.4, 0.5) is 0 Å². The summed E-state index contributed by atoms with van der Waals surface area (Å²) in [6, 6.07) is 0.